The summed E-state index contributed by atoms with van der Waals surface area (Å²) in [7, 11) is 0. The lowest BCUT2D eigenvalue weighted by Crippen LogP contribution is -2.52. The van der Waals surface area contributed by atoms with Crippen LogP contribution in [0.4, 0.5) is 0 Å². The number of aliphatic carboxylic acids is 7. The van der Waals surface area contributed by atoms with E-state index in [1.54, 1.807) is 0 Å². The molecule has 0 aromatic carbocycles. The highest BCUT2D eigenvalue weighted by atomic mass is 16.4. The smallest absolute Gasteiger partial charge is 0.326 e. The van der Waals surface area contributed by atoms with Gasteiger partial charge >= 0.3 is 41.8 Å². The van der Waals surface area contributed by atoms with Gasteiger partial charge in [-0.2, -0.15) is 0 Å². The van der Waals surface area contributed by atoms with Crippen molar-refractivity contribution in [1.82, 2.24) is 26.6 Å². The Labute approximate surface area is 310 Å². The van der Waals surface area contributed by atoms with Crippen molar-refractivity contribution in [2.24, 2.45) is 5.73 Å². The van der Waals surface area contributed by atoms with Crippen LogP contribution in [-0.4, -0.2) is 143 Å². The number of carbonyl (C=O) groups excluding carboxylic acids is 5. The molecule has 0 bridgehead atoms. The number of nitrogens with two attached hydrogens (primary N) is 1. The summed E-state index contributed by atoms with van der Waals surface area (Å²) < 4.78 is 0. The summed E-state index contributed by atoms with van der Waals surface area (Å²) in [5, 5.41) is 74.5. The Bertz CT molecular complexity index is 1470. The molecule has 25 heteroatoms. The van der Waals surface area contributed by atoms with E-state index in [9.17, 15) is 72.9 Å². The summed E-state index contributed by atoms with van der Waals surface area (Å²) in [6.45, 7) is 0. The van der Waals surface area contributed by atoms with Gasteiger partial charge in [-0.3, -0.25) is 38.4 Å². The van der Waals surface area contributed by atoms with Crippen LogP contribution in [0.3, 0.4) is 0 Å². The average Bonchev–Trinajstić information content (AvgIpc) is 3.08. The van der Waals surface area contributed by atoms with Gasteiger partial charge in [-0.15, -0.1) is 0 Å². The molecule has 0 aliphatic heterocycles. The van der Waals surface area contributed by atoms with Crippen LogP contribution < -0.4 is 32.3 Å². The lowest BCUT2D eigenvalue weighted by molar-refractivity contribution is -0.144. The van der Waals surface area contributed by atoms with Crippen LogP contribution in [0.2, 0.25) is 0 Å². The highest BCUT2D eigenvalue weighted by molar-refractivity contribution is 5.92. The average molecular weight is 793 g/mol. The van der Waals surface area contributed by atoms with E-state index in [1.807, 2.05) is 16.0 Å². The van der Waals surface area contributed by atoms with Crippen molar-refractivity contribution in [3.05, 3.63) is 0 Å². The maximum Gasteiger partial charge on any atom is 0.326 e. The molecule has 0 heterocycles. The maximum atomic E-state index is 13.0. The monoisotopic (exact) mass is 792 g/mol. The van der Waals surface area contributed by atoms with Gasteiger partial charge < -0.3 is 68.1 Å². The molecule has 0 aromatic heterocycles. The number of carbonyl (C=O) groups is 12. The SMILES string of the molecule is N[C@@H](CCC(=O)N[C@@H](CCC(=O)N[C@@H](CCC(=O)O)C(=O)N[C@@H](CCC(=O)N[C@@H](CCC(=O)N[C@@H](CCC(=O)O)C(=O)O)C(=O)O)C(=O)O)C(=O)O)C(=O)O. The molecule has 0 saturated heterocycles. The summed E-state index contributed by atoms with van der Waals surface area (Å²) in [4.78, 5) is 141. The van der Waals surface area contributed by atoms with Crippen LogP contribution in [0.25, 0.3) is 0 Å². The third kappa shape index (κ3) is 21.7. The molecule has 6 atom stereocenters. The van der Waals surface area contributed by atoms with Crippen LogP contribution in [-0.2, 0) is 57.5 Å². The summed E-state index contributed by atoms with van der Waals surface area (Å²) >= 11 is 0. The fraction of sp³-hybridized carbons (Fsp3) is 0.600. The van der Waals surface area contributed by atoms with Crippen molar-refractivity contribution in [3.8, 4) is 0 Å². The predicted molar refractivity (Wildman–Crippen MR) is 176 cm³/mol. The fourth-order valence-corrected chi connectivity index (χ4v) is 4.41. The van der Waals surface area contributed by atoms with Gasteiger partial charge in [0.2, 0.25) is 29.5 Å². The highest BCUT2D eigenvalue weighted by Crippen LogP contribution is 2.08. The molecule has 0 aromatic rings. The first-order valence-electron chi connectivity index (χ1n) is 16.3. The predicted octanol–water partition coefficient (Wildman–Crippen LogP) is -3.99. The third-order valence-corrected chi connectivity index (χ3v) is 7.44. The van der Waals surface area contributed by atoms with E-state index in [-0.39, 0.29) is 6.42 Å². The lowest BCUT2D eigenvalue weighted by Gasteiger charge is -2.22. The molecule has 0 aliphatic rings. The standard InChI is InChI=1S/C30H44N6O19/c31-13(26(46)47)1-7-19(37)33-15(27(48)49)2-8-20(38)32-14(5-11-23(41)42)25(45)36-18(30(54)55)4-10-22(40)34-16(28(50)51)3-9-21(39)35-17(29(52)53)6-12-24(43)44/h13-18H,1-12,31H2,(H,32,38)(H,33,37)(H,34,40)(H,35,39)(H,36,45)(H,41,42)(H,43,44)(H,46,47)(H,48,49)(H,50,51)(H,52,53)(H,54,55)/t13-,14-,15-,16-,17-,18-/m0/s1. The number of carboxylic acids is 7. The largest absolute Gasteiger partial charge is 0.481 e. The first kappa shape index (κ1) is 48.6. The van der Waals surface area contributed by atoms with Gasteiger partial charge in [0.15, 0.2) is 0 Å². The molecule has 14 N–H and O–H groups in total. The van der Waals surface area contributed by atoms with Gasteiger partial charge in [0.1, 0.15) is 36.3 Å². The Hall–Kier alpha value is -6.40. The van der Waals surface area contributed by atoms with Crippen molar-refractivity contribution in [2.75, 3.05) is 0 Å². The van der Waals surface area contributed by atoms with E-state index >= 15 is 0 Å². The van der Waals surface area contributed by atoms with Gasteiger partial charge in [0, 0.05) is 38.5 Å². The van der Waals surface area contributed by atoms with Gasteiger partial charge in [-0.1, -0.05) is 0 Å². The van der Waals surface area contributed by atoms with Gasteiger partial charge in [-0.25, -0.2) is 19.2 Å². The van der Waals surface area contributed by atoms with Crippen LogP contribution in [0, 0.1) is 0 Å². The molecule has 0 aliphatic carbocycles. The molecule has 0 saturated carbocycles. The van der Waals surface area contributed by atoms with Gasteiger partial charge in [-0.05, 0) is 38.5 Å². The fourth-order valence-electron chi connectivity index (χ4n) is 4.41. The van der Waals surface area contributed by atoms with E-state index in [0.717, 1.165) is 0 Å². The van der Waals surface area contributed by atoms with Crippen molar-refractivity contribution >= 4 is 71.3 Å². The summed E-state index contributed by atoms with van der Waals surface area (Å²) in [6, 6.07) is -9.89. The zero-order valence-electron chi connectivity index (χ0n) is 29.1. The molecule has 55 heavy (non-hydrogen) atoms. The maximum absolute atomic E-state index is 13.0. The molecule has 0 unspecified atom stereocenters. The van der Waals surface area contributed by atoms with E-state index in [0.29, 0.717) is 0 Å². The van der Waals surface area contributed by atoms with Gasteiger partial charge in [0.05, 0.1) is 0 Å². The number of carboxylic acid groups (broad SMARTS) is 7. The Morgan fingerprint density at radius 1 is 0.345 bits per heavy atom. The van der Waals surface area contributed by atoms with E-state index in [1.165, 1.54) is 0 Å². The Balaban J connectivity index is 5.38. The number of rotatable bonds is 29. The summed E-state index contributed by atoms with van der Waals surface area (Å²) in [6.07, 6.45) is -6.90. The van der Waals surface area contributed by atoms with E-state index in [2.05, 4.69) is 10.6 Å². The number of nitrogens with one attached hydrogen (secondary N) is 5. The molecule has 0 fully saturated rings. The van der Waals surface area contributed by atoms with Crippen molar-refractivity contribution in [1.29, 1.82) is 0 Å². The Morgan fingerprint density at radius 2 is 0.600 bits per heavy atom. The summed E-state index contributed by atoms with van der Waals surface area (Å²) in [5.41, 5.74) is 5.30. The molecule has 5 amide bonds. The van der Waals surface area contributed by atoms with E-state index in [4.69, 9.17) is 26.2 Å². The summed E-state index contributed by atoms with van der Waals surface area (Å²) in [5.74, 6) is -15.7. The minimum atomic E-state index is -1.85. The number of hydrogen-bond donors (Lipinski definition) is 13. The van der Waals surface area contributed by atoms with Crippen LogP contribution in [0.15, 0.2) is 0 Å². The zero-order chi connectivity index (χ0) is 42.4. The van der Waals surface area contributed by atoms with Crippen molar-refractivity contribution < 1.29 is 93.3 Å². The normalized spacial score (nSPS) is 13.9. The van der Waals surface area contributed by atoms with Crippen LogP contribution in [0.5, 0.6) is 0 Å². The minimum Gasteiger partial charge on any atom is -0.481 e. The Kier molecular flexibility index (Phi) is 21.9. The second-order valence-corrected chi connectivity index (χ2v) is 11.9. The van der Waals surface area contributed by atoms with Crippen molar-refractivity contribution in [2.45, 2.75) is 113 Å². The second-order valence-electron chi connectivity index (χ2n) is 11.9. The quantitative estimate of drug-likeness (QED) is 0.0343. The molecular formula is C30H44N6O19. The molecule has 0 radical (unpaired) electrons. The molecule has 0 spiro atoms. The van der Waals surface area contributed by atoms with Crippen LogP contribution >= 0.6 is 0 Å². The first-order chi connectivity index (χ1) is 25.5. The Morgan fingerprint density at radius 3 is 0.891 bits per heavy atom. The highest BCUT2D eigenvalue weighted by Gasteiger charge is 2.30. The molecule has 308 valence electrons. The van der Waals surface area contributed by atoms with Crippen molar-refractivity contribution in [3.63, 3.8) is 0 Å². The molecular weight excluding hydrogens is 748 g/mol. The lowest BCUT2D eigenvalue weighted by atomic mass is 10.1. The molecule has 25 nitrogen and oxygen atoms in total. The second kappa shape index (κ2) is 24.8. The third-order valence-electron chi connectivity index (χ3n) is 7.44. The van der Waals surface area contributed by atoms with Crippen LogP contribution in [0.1, 0.15) is 77.0 Å². The topological polar surface area (TPSA) is 433 Å². The minimum absolute atomic E-state index is 0.322. The molecule has 0 rings (SSSR count). The number of amides is 5. The zero-order valence-corrected chi connectivity index (χ0v) is 29.1. The van der Waals surface area contributed by atoms with E-state index < -0.39 is 178 Å². The number of hydrogen-bond acceptors (Lipinski definition) is 13. The first-order valence-corrected chi connectivity index (χ1v) is 16.3. The van der Waals surface area contributed by atoms with Gasteiger partial charge in [0.25, 0.3) is 0 Å².